The van der Waals surface area contributed by atoms with Crippen molar-refractivity contribution in [2.75, 3.05) is 9.80 Å². The summed E-state index contributed by atoms with van der Waals surface area (Å²) in [7, 11) is 0. The van der Waals surface area contributed by atoms with Crippen LogP contribution in [0.2, 0.25) is 5.02 Å². The summed E-state index contributed by atoms with van der Waals surface area (Å²) in [6.07, 6.45) is 1.51. The Morgan fingerprint density at radius 3 is 2.52 bits per heavy atom. The zero-order valence-corrected chi connectivity index (χ0v) is 22.8. The average molecular weight is 569 g/mol. The number of rotatable bonds is 5. The molecule has 7 rings (SSSR count). The van der Waals surface area contributed by atoms with Gasteiger partial charge in [-0.05, 0) is 36.2 Å². The minimum Gasteiger partial charge on any atom is -0.450 e. The van der Waals surface area contributed by atoms with Crippen LogP contribution in [0.3, 0.4) is 0 Å². The minimum absolute atomic E-state index is 0.0115. The largest absolute Gasteiger partial charge is 0.450 e. The molecule has 3 aromatic carbocycles. The standard InChI is InChI=1S/C30H21ClN4O4S/c1-2-9-23-32-33-29(40-23)35-27(37)26-24(25(36)18-11-4-8-15-22(18)39-26)30(35)19-12-5-7-14-21(19)34(28(30)38)16-17-10-3-6-13-20(17)31/h3-8,10-15H,2,9,16H2,1H3. The first kappa shape index (κ1) is 24.7. The van der Waals surface area contributed by atoms with Crippen LogP contribution in [0.4, 0.5) is 10.8 Å². The molecule has 2 amide bonds. The van der Waals surface area contributed by atoms with Crippen LogP contribution in [0.1, 0.15) is 45.6 Å². The fourth-order valence-electron chi connectivity index (χ4n) is 5.71. The van der Waals surface area contributed by atoms with E-state index in [0.29, 0.717) is 22.7 Å². The van der Waals surface area contributed by atoms with Gasteiger partial charge in [-0.1, -0.05) is 78.4 Å². The molecule has 4 heterocycles. The number of hydrogen-bond donors (Lipinski definition) is 0. The lowest BCUT2D eigenvalue weighted by molar-refractivity contribution is -0.121. The summed E-state index contributed by atoms with van der Waals surface area (Å²) in [6, 6.07) is 21.2. The van der Waals surface area contributed by atoms with E-state index in [1.807, 2.05) is 37.3 Å². The number of aromatic nitrogens is 2. The molecule has 0 fully saturated rings. The number of nitrogens with zero attached hydrogens (tertiary/aromatic N) is 4. The molecule has 10 heteroatoms. The summed E-state index contributed by atoms with van der Waals surface area (Å²) in [6.45, 7) is 2.17. The lowest BCUT2D eigenvalue weighted by atomic mass is 9.84. The quantitative estimate of drug-likeness (QED) is 0.270. The summed E-state index contributed by atoms with van der Waals surface area (Å²) < 4.78 is 6.10. The normalized spacial score (nSPS) is 17.8. The van der Waals surface area contributed by atoms with Crippen LogP contribution in [-0.2, 0) is 23.3 Å². The van der Waals surface area contributed by atoms with Crippen molar-refractivity contribution in [3.8, 4) is 0 Å². The van der Waals surface area contributed by atoms with E-state index in [-0.39, 0.29) is 34.0 Å². The van der Waals surface area contributed by atoms with E-state index in [0.717, 1.165) is 17.0 Å². The lowest BCUT2D eigenvalue weighted by Gasteiger charge is -2.32. The maximum atomic E-state index is 14.9. The zero-order valence-electron chi connectivity index (χ0n) is 21.3. The van der Waals surface area contributed by atoms with Crippen molar-refractivity contribution in [1.82, 2.24) is 10.2 Å². The van der Waals surface area contributed by atoms with Gasteiger partial charge in [0.25, 0.3) is 11.8 Å². The lowest BCUT2D eigenvalue weighted by Crippen LogP contribution is -2.53. The van der Waals surface area contributed by atoms with E-state index in [1.54, 1.807) is 47.4 Å². The Labute approximate surface area is 237 Å². The number of carbonyl (C=O) groups excluding carboxylic acids is 2. The molecule has 2 aliphatic heterocycles. The van der Waals surface area contributed by atoms with E-state index in [9.17, 15) is 14.4 Å². The molecule has 2 aliphatic rings. The summed E-state index contributed by atoms with van der Waals surface area (Å²) >= 11 is 7.73. The highest BCUT2D eigenvalue weighted by Gasteiger charge is 2.66. The minimum atomic E-state index is -1.82. The van der Waals surface area contributed by atoms with Gasteiger partial charge in [-0.3, -0.25) is 19.3 Å². The number of para-hydroxylation sites is 2. The van der Waals surface area contributed by atoms with E-state index in [2.05, 4.69) is 10.2 Å². The Morgan fingerprint density at radius 1 is 0.950 bits per heavy atom. The number of fused-ring (bicyclic) bond motifs is 5. The van der Waals surface area contributed by atoms with Crippen molar-refractivity contribution in [3.05, 3.63) is 116 Å². The molecule has 40 heavy (non-hydrogen) atoms. The predicted octanol–water partition coefficient (Wildman–Crippen LogP) is 5.70. The van der Waals surface area contributed by atoms with Crippen molar-refractivity contribution in [2.45, 2.75) is 31.8 Å². The van der Waals surface area contributed by atoms with Crippen molar-refractivity contribution < 1.29 is 14.0 Å². The van der Waals surface area contributed by atoms with Gasteiger partial charge in [-0.2, -0.15) is 0 Å². The SMILES string of the molecule is CCCc1nnc(N2C(=O)c3oc4ccccc4c(=O)c3C23C(=O)N(Cc2ccccc2Cl)c2ccccc23)s1. The summed E-state index contributed by atoms with van der Waals surface area (Å²) in [5, 5.41) is 10.4. The molecular weight excluding hydrogens is 548 g/mol. The Balaban J connectivity index is 1.54. The van der Waals surface area contributed by atoms with Crippen LogP contribution in [0.25, 0.3) is 11.0 Å². The maximum Gasteiger partial charge on any atom is 0.297 e. The predicted molar refractivity (Wildman–Crippen MR) is 153 cm³/mol. The van der Waals surface area contributed by atoms with Crippen LogP contribution in [0.15, 0.2) is 82.0 Å². The molecule has 1 atom stereocenters. The van der Waals surface area contributed by atoms with Crippen LogP contribution in [0.5, 0.6) is 0 Å². The Morgan fingerprint density at radius 2 is 1.70 bits per heavy atom. The zero-order chi connectivity index (χ0) is 27.6. The molecule has 0 N–H and O–H groups in total. The second kappa shape index (κ2) is 9.11. The summed E-state index contributed by atoms with van der Waals surface area (Å²) in [5.41, 5.74) is -0.203. The van der Waals surface area contributed by atoms with Gasteiger partial charge in [-0.15, -0.1) is 10.2 Å². The van der Waals surface area contributed by atoms with Gasteiger partial charge < -0.3 is 9.32 Å². The van der Waals surface area contributed by atoms with Crippen molar-refractivity contribution in [1.29, 1.82) is 0 Å². The van der Waals surface area contributed by atoms with Gasteiger partial charge in [0, 0.05) is 17.0 Å². The first-order chi connectivity index (χ1) is 19.5. The van der Waals surface area contributed by atoms with Gasteiger partial charge in [0.1, 0.15) is 10.6 Å². The third-order valence-electron chi connectivity index (χ3n) is 7.43. The number of halogens is 1. The topological polar surface area (TPSA) is 96.6 Å². The Bertz CT molecular complexity index is 1920. The summed E-state index contributed by atoms with van der Waals surface area (Å²) in [4.78, 5) is 46.2. The first-order valence-corrected chi connectivity index (χ1v) is 14.0. The van der Waals surface area contributed by atoms with Gasteiger partial charge in [0.15, 0.2) is 11.0 Å². The summed E-state index contributed by atoms with van der Waals surface area (Å²) in [5.74, 6) is -1.24. The Hall–Kier alpha value is -4.34. The molecule has 1 unspecified atom stereocenters. The fraction of sp³-hybridized carbons (Fsp3) is 0.167. The van der Waals surface area contributed by atoms with Gasteiger partial charge in [-0.25, -0.2) is 0 Å². The molecule has 0 saturated heterocycles. The Kier molecular flexibility index (Phi) is 5.62. The molecule has 0 bridgehead atoms. The second-order valence-corrected chi connectivity index (χ2v) is 11.2. The van der Waals surface area contributed by atoms with Crippen LogP contribution >= 0.6 is 22.9 Å². The first-order valence-electron chi connectivity index (χ1n) is 12.8. The van der Waals surface area contributed by atoms with E-state index < -0.39 is 22.8 Å². The molecule has 0 saturated carbocycles. The third-order valence-corrected chi connectivity index (χ3v) is 8.77. The van der Waals surface area contributed by atoms with Crippen LogP contribution < -0.4 is 15.2 Å². The number of carbonyl (C=O) groups is 2. The molecule has 5 aromatic rings. The van der Waals surface area contributed by atoms with Crippen molar-refractivity contribution >= 4 is 56.5 Å². The van der Waals surface area contributed by atoms with E-state index in [4.69, 9.17) is 16.0 Å². The maximum absolute atomic E-state index is 14.9. The third kappa shape index (κ3) is 3.28. The van der Waals surface area contributed by atoms with E-state index >= 15 is 0 Å². The number of amides is 2. The monoisotopic (exact) mass is 568 g/mol. The van der Waals surface area contributed by atoms with Crippen LogP contribution in [-0.4, -0.2) is 22.0 Å². The highest BCUT2D eigenvalue weighted by molar-refractivity contribution is 7.15. The van der Waals surface area contributed by atoms with Gasteiger partial charge in [0.2, 0.25) is 10.9 Å². The fourth-order valence-corrected chi connectivity index (χ4v) is 6.90. The van der Waals surface area contributed by atoms with Gasteiger partial charge in [0.05, 0.1) is 23.2 Å². The number of hydrogen-bond acceptors (Lipinski definition) is 7. The van der Waals surface area contributed by atoms with Crippen molar-refractivity contribution in [2.24, 2.45) is 0 Å². The van der Waals surface area contributed by atoms with Crippen molar-refractivity contribution in [3.63, 3.8) is 0 Å². The van der Waals surface area contributed by atoms with Gasteiger partial charge >= 0.3 is 0 Å². The highest BCUT2D eigenvalue weighted by atomic mass is 35.5. The molecule has 2 aromatic heterocycles. The molecule has 198 valence electrons. The number of benzene rings is 3. The highest BCUT2D eigenvalue weighted by Crippen LogP contribution is 2.54. The average Bonchev–Trinajstić information content (AvgIpc) is 3.59. The molecule has 8 nitrogen and oxygen atoms in total. The molecule has 0 radical (unpaired) electrons. The smallest absolute Gasteiger partial charge is 0.297 e. The van der Waals surface area contributed by atoms with E-state index in [1.165, 1.54) is 16.2 Å². The second-order valence-electron chi connectivity index (χ2n) is 9.71. The van der Waals surface area contributed by atoms with Crippen LogP contribution in [0, 0.1) is 0 Å². The molecular formula is C30H21ClN4O4S. The molecule has 0 aliphatic carbocycles. The number of aryl methyl sites for hydroxylation is 1. The number of anilines is 2. The molecule has 1 spiro atoms.